The van der Waals surface area contributed by atoms with E-state index in [1.54, 1.807) is 11.3 Å². The first-order valence-corrected chi connectivity index (χ1v) is 11.6. The highest BCUT2D eigenvalue weighted by Crippen LogP contribution is 2.36. The molecule has 3 heterocycles. The molecule has 2 aliphatic heterocycles. The van der Waals surface area contributed by atoms with E-state index in [9.17, 15) is 4.79 Å². The first-order chi connectivity index (χ1) is 14.3. The van der Waals surface area contributed by atoms with E-state index in [1.807, 2.05) is 29.2 Å². The number of fused-ring (bicyclic) bond motifs is 1. The highest BCUT2D eigenvalue weighted by Gasteiger charge is 2.41. The van der Waals surface area contributed by atoms with Gasteiger partial charge in [0.05, 0.1) is 18.9 Å². The summed E-state index contributed by atoms with van der Waals surface area (Å²) in [5, 5.41) is 6.23. The molecule has 2 unspecified atom stereocenters. The molecule has 2 atom stereocenters. The van der Waals surface area contributed by atoms with Gasteiger partial charge in [-0.3, -0.25) is 0 Å². The quantitative estimate of drug-likeness (QED) is 0.810. The van der Waals surface area contributed by atoms with Crippen molar-refractivity contribution in [2.75, 3.05) is 43.1 Å². The Morgan fingerprint density at radius 2 is 1.90 bits per heavy atom. The van der Waals surface area contributed by atoms with Crippen molar-refractivity contribution in [3.05, 3.63) is 29.6 Å². The van der Waals surface area contributed by atoms with Crippen molar-refractivity contribution in [3.8, 4) is 11.3 Å². The molecule has 5 rings (SSSR count). The van der Waals surface area contributed by atoms with Gasteiger partial charge in [-0.2, -0.15) is 0 Å². The number of nitrogens with zero attached hydrogens (tertiary/aromatic N) is 3. The Labute approximate surface area is 175 Å². The Bertz CT molecular complexity index is 847. The number of carbonyl (C=O) groups excluding carboxylic acids is 1. The molecule has 1 saturated carbocycles. The van der Waals surface area contributed by atoms with Gasteiger partial charge in [0.2, 0.25) is 0 Å². The molecule has 1 aromatic carbocycles. The molecule has 2 amide bonds. The average Bonchev–Trinajstić information content (AvgIpc) is 3.16. The third kappa shape index (κ3) is 3.98. The molecule has 1 N–H and O–H groups in total. The molecular weight excluding hydrogens is 384 g/mol. The Morgan fingerprint density at radius 1 is 1.10 bits per heavy atom. The molecule has 7 heteroatoms. The van der Waals surface area contributed by atoms with Gasteiger partial charge in [0.25, 0.3) is 0 Å². The van der Waals surface area contributed by atoms with E-state index in [0.717, 1.165) is 67.3 Å². The van der Waals surface area contributed by atoms with Gasteiger partial charge in [-0.15, -0.1) is 11.3 Å². The molecule has 29 heavy (non-hydrogen) atoms. The molecule has 3 fully saturated rings. The smallest absolute Gasteiger partial charge is 0.322 e. The van der Waals surface area contributed by atoms with Gasteiger partial charge in [0.15, 0.2) is 5.13 Å². The second kappa shape index (κ2) is 8.32. The number of aromatic nitrogens is 1. The SMILES string of the molecule is O=C(Nc1ccc(-c2csc(N3CCOCC3)n2)cc1)N1CC2CCCCCC21. The molecule has 3 aliphatic rings. The number of benzene rings is 1. The molecular formula is C22H28N4O2S. The zero-order chi connectivity index (χ0) is 19.6. The molecule has 1 aliphatic carbocycles. The van der Waals surface area contributed by atoms with E-state index in [-0.39, 0.29) is 6.03 Å². The second-order valence-electron chi connectivity index (χ2n) is 8.24. The number of carbonyl (C=O) groups is 1. The molecule has 0 radical (unpaired) electrons. The third-order valence-electron chi connectivity index (χ3n) is 6.42. The summed E-state index contributed by atoms with van der Waals surface area (Å²) >= 11 is 1.68. The van der Waals surface area contributed by atoms with Crippen LogP contribution in [0, 0.1) is 5.92 Å². The van der Waals surface area contributed by atoms with Crippen LogP contribution in [0.4, 0.5) is 15.6 Å². The van der Waals surface area contributed by atoms with E-state index >= 15 is 0 Å². The van der Waals surface area contributed by atoms with Crippen LogP contribution in [0.25, 0.3) is 11.3 Å². The second-order valence-corrected chi connectivity index (χ2v) is 9.08. The number of likely N-dealkylation sites (tertiary alicyclic amines) is 1. The number of ether oxygens (including phenoxy) is 1. The lowest BCUT2D eigenvalue weighted by molar-refractivity contribution is 0.0519. The van der Waals surface area contributed by atoms with E-state index in [2.05, 4.69) is 15.6 Å². The fourth-order valence-electron chi connectivity index (χ4n) is 4.69. The summed E-state index contributed by atoms with van der Waals surface area (Å²) in [5.74, 6) is 0.718. The van der Waals surface area contributed by atoms with Crippen LogP contribution in [0.2, 0.25) is 0 Å². The first-order valence-electron chi connectivity index (χ1n) is 10.7. The summed E-state index contributed by atoms with van der Waals surface area (Å²) in [5.41, 5.74) is 2.91. The maximum atomic E-state index is 12.7. The summed E-state index contributed by atoms with van der Waals surface area (Å²) < 4.78 is 5.42. The normalized spacial score (nSPS) is 24.4. The van der Waals surface area contributed by atoms with E-state index in [4.69, 9.17) is 9.72 Å². The number of anilines is 2. The van der Waals surface area contributed by atoms with Gasteiger partial charge < -0.3 is 19.9 Å². The predicted octanol–water partition coefficient (Wildman–Crippen LogP) is 4.44. The summed E-state index contributed by atoms with van der Waals surface area (Å²) in [6, 6.07) is 8.53. The topological polar surface area (TPSA) is 57.7 Å². The van der Waals surface area contributed by atoms with Crippen LogP contribution in [0.15, 0.2) is 29.6 Å². The summed E-state index contributed by atoms with van der Waals surface area (Å²) in [6.45, 7) is 4.24. The molecule has 2 saturated heterocycles. The fraction of sp³-hybridized carbons (Fsp3) is 0.545. The first kappa shape index (κ1) is 18.9. The van der Waals surface area contributed by atoms with Gasteiger partial charge in [-0.25, -0.2) is 9.78 Å². The van der Waals surface area contributed by atoms with Gasteiger partial charge in [0.1, 0.15) is 0 Å². The van der Waals surface area contributed by atoms with Gasteiger partial charge in [-0.1, -0.05) is 31.4 Å². The fourth-order valence-corrected chi connectivity index (χ4v) is 5.58. The highest BCUT2D eigenvalue weighted by molar-refractivity contribution is 7.14. The number of urea groups is 1. The number of hydrogen-bond donors (Lipinski definition) is 1. The summed E-state index contributed by atoms with van der Waals surface area (Å²) in [6.07, 6.45) is 6.32. The number of morpholine rings is 1. The van der Waals surface area contributed by atoms with Crippen LogP contribution in [-0.2, 0) is 4.74 Å². The van der Waals surface area contributed by atoms with E-state index in [0.29, 0.717) is 6.04 Å². The van der Waals surface area contributed by atoms with Gasteiger partial charge >= 0.3 is 6.03 Å². The third-order valence-corrected chi connectivity index (χ3v) is 7.32. The molecule has 0 spiro atoms. The van der Waals surface area contributed by atoms with Crippen molar-refractivity contribution in [2.45, 2.75) is 38.1 Å². The van der Waals surface area contributed by atoms with Crippen LogP contribution in [-0.4, -0.2) is 54.8 Å². The van der Waals surface area contributed by atoms with E-state index in [1.165, 1.54) is 25.7 Å². The monoisotopic (exact) mass is 412 g/mol. The van der Waals surface area contributed by atoms with Crippen molar-refractivity contribution in [3.63, 3.8) is 0 Å². The summed E-state index contributed by atoms with van der Waals surface area (Å²) in [7, 11) is 0. The average molecular weight is 413 g/mol. The number of nitrogens with one attached hydrogen (secondary N) is 1. The minimum absolute atomic E-state index is 0.0455. The molecule has 2 aromatic rings. The number of thiazole rings is 1. The number of rotatable bonds is 3. The molecule has 6 nitrogen and oxygen atoms in total. The van der Waals surface area contributed by atoms with Crippen LogP contribution in [0.5, 0.6) is 0 Å². The molecule has 154 valence electrons. The summed E-state index contributed by atoms with van der Waals surface area (Å²) in [4.78, 5) is 21.8. The Morgan fingerprint density at radius 3 is 2.72 bits per heavy atom. The predicted molar refractivity (Wildman–Crippen MR) is 117 cm³/mol. The van der Waals surface area contributed by atoms with Crippen molar-refractivity contribution in [2.24, 2.45) is 5.92 Å². The maximum Gasteiger partial charge on any atom is 0.322 e. The van der Waals surface area contributed by atoms with Crippen LogP contribution >= 0.6 is 11.3 Å². The van der Waals surface area contributed by atoms with Crippen molar-refractivity contribution in [1.29, 1.82) is 0 Å². The lowest BCUT2D eigenvalue weighted by Crippen LogP contribution is -2.59. The Kier molecular flexibility index (Phi) is 5.42. The van der Waals surface area contributed by atoms with Crippen molar-refractivity contribution < 1.29 is 9.53 Å². The lowest BCUT2D eigenvalue weighted by Gasteiger charge is -2.47. The number of hydrogen-bond acceptors (Lipinski definition) is 5. The van der Waals surface area contributed by atoms with E-state index < -0.39 is 0 Å². The highest BCUT2D eigenvalue weighted by atomic mass is 32.1. The van der Waals surface area contributed by atoms with Gasteiger partial charge in [-0.05, 0) is 30.9 Å². The van der Waals surface area contributed by atoms with Crippen LogP contribution in [0.3, 0.4) is 0 Å². The maximum absolute atomic E-state index is 12.7. The van der Waals surface area contributed by atoms with Crippen LogP contribution < -0.4 is 10.2 Å². The minimum atomic E-state index is 0.0455. The zero-order valence-electron chi connectivity index (χ0n) is 16.7. The molecule has 1 aromatic heterocycles. The standard InChI is InChI=1S/C22H28N4O2S/c27-21(26-14-17-4-2-1-3-5-20(17)26)23-18-8-6-16(7-9-18)19-15-29-22(24-19)25-10-12-28-13-11-25/h6-9,15,17,20H,1-5,10-14H2,(H,23,27). The Balaban J connectivity index is 1.20. The Hall–Kier alpha value is -2.12. The lowest BCUT2D eigenvalue weighted by atomic mass is 9.85. The number of amides is 2. The largest absolute Gasteiger partial charge is 0.378 e. The van der Waals surface area contributed by atoms with Crippen LogP contribution in [0.1, 0.15) is 32.1 Å². The van der Waals surface area contributed by atoms with Gasteiger partial charge in [0, 0.05) is 42.3 Å². The molecule has 0 bridgehead atoms. The minimum Gasteiger partial charge on any atom is -0.378 e. The van der Waals surface area contributed by atoms with Crippen molar-refractivity contribution in [1.82, 2.24) is 9.88 Å². The van der Waals surface area contributed by atoms with Crippen molar-refractivity contribution >= 4 is 28.2 Å². The zero-order valence-corrected chi connectivity index (χ0v) is 17.5.